The van der Waals surface area contributed by atoms with E-state index < -0.39 is 21.8 Å². The molecule has 0 bridgehead atoms. The maximum Gasteiger partial charge on any atom is 0.416 e. The maximum atomic E-state index is 12.6. The fourth-order valence-electron chi connectivity index (χ4n) is 1.67. The lowest BCUT2D eigenvalue weighted by Gasteiger charge is -2.11. The van der Waals surface area contributed by atoms with Gasteiger partial charge in [-0.15, -0.1) is 11.3 Å². The number of anilines is 1. The average molecular weight is 400 g/mol. The summed E-state index contributed by atoms with van der Waals surface area (Å²) in [5.74, 6) is 0. The van der Waals surface area contributed by atoms with E-state index in [0.717, 1.165) is 18.2 Å². The molecule has 0 amide bonds. The zero-order valence-electron chi connectivity index (χ0n) is 10.5. The average Bonchev–Trinajstić information content (AvgIpc) is 2.68. The Hall–Kier alpha value is -1.06. The second kappa shape index (κ2) is 5.62. The molecule has 2 rings (SSSR count). The summed E-state index contributed by atoms with van der Waals surface area (Å²) in [6, 6.07) is 5.47. The number of sulfonamides is 1. The Morgan fingerprint density at radius 2 is 1.90 bits per heavy atom. The highest BCUT2D eigenvalue weighted by Crippen LogP contribution is 2.33. The molecule has 1 heterocycles. The van der Waals surface area contributed by atoms with Crippen molar-refractivity contribution >= 4 is 43.0 Å². The fraction of sp³-hybridized carbons (Fsp3) is 0.167. The Morgan fingerprint density at radius 1 is 1.24 bits per heavy atom. The highest BCUT2D eigenvalue weighted by Gasteiger charge is 2.31. The highest BCUT2D eigenvalue weighted by molar-refractivity contribution is 9.11. The van der Waals surface area contributed by atoms with E-state index in [1.54, 1.807) is 6.92 Å². The standard InChI is InChI=1S/C12H9BrF3NO2S2/c1-7-10(6-11(13)20-7)21(18,19)17-9-4-2-3-8(5-9)12(14,15)16/h2-6,17H,1H3. The summed E-state index contributed by atoms with van der Waals surface area (Å²) < 4.78 is 65.0. The van der Waals surface area contributed by atoms with Crippen LogP contribution in [0.3, 0.4) is 0 Å². The number of thiophene rings is 1. The molecule has 114 valence electrons. The van der Waals surface area contributed by atoms with E-state index in [9.17, 15) is 21.6 Å². The first-order chi connectivity index (χ1) is 9.59. The summed E-state index contributed by atoms with van der Waals surface area (Å²) in [6.45, 7) is 1.62. The van der Waals surface area contributed by atoms with E-state index >= 15 is 0 Å². The quantitative estimate of drug-likeness (QED) is 0.816. The van der Waals surface area contributed by atoms with Gasteiger partial charge in [-0.3, -0.25) is 4.72 Å². The summed E-state index contributed by atoms with van der Waals surface area (Å²) in [4.78, 5) is 0.582. The number of halogens is 4. The number of nitrogens with one attached hydrogen (secondary N) is 1. The van der Waals surface area contributed by atoms with Crippen molar-refractivity contribution in [2.24, 2.45) is 0 Å². The molecule has 0 aliphatic heterocycles. The smallest absolute Gasteiger partial charge is 0.280 e. The molecule has 9 heteroatoms. The van der Waals surface area contributed by atoms with Gasteiger partial charge in [-0.25, -0.2) is 8.42 Å². The van der Waals surface area contributed by atoms with Crippen LogP contribution < -0.4 is 4.72 Å². The predicted molar refractivity (Wildman–Crippen MR) is 79.0 cm³/mol. The fourth-order valence-corrected chi connectivity index (χ4v) is 5.13. The minimum atomic E-state index is -4.53. The molecule has 0 unspecified atom stereocenters. The first-order valence-corrected chi connectivity index (χ1v) is 8.65. The first kappa shape index (κ1) is 16.3. The zero-order valence-corrected chi connectivity index (χ0v) is 13.8. The Morgan fingerprint density at radius 3 is 2.43 bits per heavy atom. The van der Waals surface area contributed by atoms with Crippen molar-refractivity contribution in [3.8, 4) is 0 Å². The van der Waals surface area contributed by atoms with Gasteiger partial charge in [0.1, 0.15) is 4.90 Å². The van der Waals surface area contributed by atoms with Crippen LogP contribution in [0.4, 0.5) is 18.9 Å². The third-order valence-corrected chi connectivity index (χ3v) is 5.76. The van der Waals surface area contributed by atoms with Crippen LogP contribution >= 0.6 is 27.3 Å². The highest BCUT2D eigenvalue weighted by atomic mass is 79.9. The molecule has 0 aliphatic carbocycles. The van der Waals surface area contributed by atoms with Gasteiger partial charge in [0.25, 0.3) is 10.0 Å². The van der Waals surface area contributed by atoms with E-state index in [-0.39, 0.29) is 10.6 Å². The SMILES string of the molecule is Cc1sc(Br)cc1S(=O)(=O)Nc1cccc(C(F)(F)F)c1. The molecule has 0 atom stereocenters. The summed E-state index contributed by atoms with van der Waals surface area (Å²) in [5, 5.41) is 0. The lowest BCUT2D eigenvalue weighted by atomic mass is 10.2. The maximum absolute atomic E-state index is 12.6. The second-order valence-electron chi connectivity index (χ2n) is 4.16. The zero-order chi connectivity index (χ0) is 15.8. The predicted octanol–water partition coefficient (Wildman–Crippen LogP) is 4.64. The van der Waals surface area contributed by atoms with E-state index in [1.807, 2.05) is 0 Å². The summed E-state index contributed by atoms with van der Waals surface area (Å²) in [6.07, 6.45) is -4.53. The minimum Gasteiger partial charge on any atom is -0.280 e. The van der Waals surface area contributed by atoms with E-state index in [4.69, 9.17) is 0 Å². The van der Waals surface area contributed by atoms with Crippen molar-refractivity contribution in [3.05, 3.63) is 44.6 Å². The third-order valence-electron chi connectivity index (χ3n) is 2.57. The van der Waals surface area contributed by atoms with Crippen LogP contribution in [0.15, 0.2) is 39.0 Å². The first-order valence-electron chi connectivity index (χ1n) is 5.55. The lowest BCUT2D eigenvalue weighted by Crippen LogP contribution is -2.14. The van der Waals surface area contributed by atoms with Gasteiger partial charge in [-0.1, -0.05) is 6.07 Å². The molecule has 0 radical (unpaired) electrons. The molecule has 0 aliphatic rings. The van der Waals surface area contributed by atoms with Gasteiger partial charge in [0.15, 0.2) is 0 Å². The Labute approximate surface area is 132 Å². The van der Waals surface area contributed by atoms with Crippen molar-refractivity contribution in [2.45, 2.75) is 18.0 Å². The number of benzene rings is 1. The molecule has 0 saturated carbocycles. The van der Waals surface area contributed by atoms with E-state index in [0.29, 0.717) is 8.66 Å². The molecule has 21 heavy (non-hydrogen) atoms. The van der Waals surface area contributed by atoms with Crippen LogP contribution in [-0.4, -0.2) is 8.42 Å². The largest absolute Gasteiger partial charge is 0.416 e. The molecule has 0 fully saturated rings. The topological polar surface area (TPSA) is 46.2 Å². The summed E-state index contributed by atoms with van der Waals surface area (Å²) in [7, 11) is -3.92. The van der Waals surface area contributed by atoms with Crippen LogP contribution in [0.25, 0.3) is 0 Å². The molecule has 2 aromatic rings. The van der Waals surface area contributed by atoms with Gasteiger partial charge in [0.2, 0.25) is 0 Å². The van der Waals surface area contributed by atoms with Crippen molar-refractivity contribution < 1.29 is 21.6 Å². The van der Waals surface area contributed by atoms with Crippen LogP contribution in [0.1, 0.15) is 10.4 Å². The summed E-state index contributed by atoms with van der Waals surface area (Å²) >= 11 is 4.41. The molecular formula is C12H9BrF3NO2S2. The minimum absolute atomic E-state index is 0.0387. The van der Waals surface area contributed by atoms with E-state index in [2.05, 4.69) is 20.7 Å². The van der Waals surface area contributed by atoms with Crippen LogP contribution in [0.5, 0.6) is 0 Å². The molecule has 0 saturated heterocycles. The van der Waals surface area contributed by atoms with Crippen molar-refractivity contribution in [3.63, 3.8) is 0 Å². The van der Waals surface area contributed by atoms with Gasteiger partial charge in [-0.05, 0) is 47.1 Å². The lowest BCUT2D eigenvalue weighted by molar-refractivity contribution is -0.137. The Bertz CT molecular complexity index is 769. The molecule has 0 spiro atoms. The molecule has 1 aromatic heterocycles. The summed E-state index contributed by atoms with van der Waals surface area (Å²) in [5.41, 5.74) is -1.04. The van der Waals surface area contributed by atoms with Crippen LogP contribution in [0.2, 0.25) is 0 Å². The molecule has 3 nitrogen and oxygen atoms in total. The number of alkyl halides is 3. The second-order valence-corrected chi connectivity index (χ2v) is 8.44. The van der Waals surface area contributed by atoms with Crippen molar-refractivity contribution in [1.29, 1.82) is 0 Å². The molecular weight excluding hydrogens is 391 g/mol. The van der Waals surface area contributed by atoms with Gasteiger partial charge in [0, 0.05) is 10.6 Å². The van der Waals surface area contributed by atoms with Crippen molar-refractivity contribution in [1.82, 2.24) is 0 Å². The third kappa shape index (κ3) is 3.78. The molecule has 1 aromatic carbocycles. The van der Waals surface area contributed by atoms with Gasteiger partial charge >= 0.3 is 6.18 Å². The van der Waals surface area contributed by atoms with E-state index in [1.165, 1.54) is 23.5 Å². The Balaban J connectivity index is 2.36. The normalized spacial score (nSPS) is 12.4. The van der Waals surface area contributed by atoms with Gasteiger partial charge in [-0.2, -0.15) is 13.2 Å². The number of hydrogen-bond acceptors (Lipinski definition) is 3. The van der Waals surface area contributed by atoms with Crippen LogP contribution in [0, 0.1) is 6.92 Å². The molecule has 1 N–H and O–H groups in total. The number of rotatable bonds is 3. The van der Waals surface area contributed by atoms with Gasteiger partial charge < -0.3 is 0 Å². The monoisotopic (exact) mass is 399 g/mol. The van der Waals surface area contributed by atoms with Crippen LogP contribution in [-0.2, 0) is 16.2 Å². The number of hydrogen-bond donors (Lipinski definition) is 1. The Kier molecular flexibility index (Phi) is 4.36. The van der Waals surface area contributed by atoms with Crippen molar-refractivity contribution in [2.75, 3.05) is 4.72 Å². The van der Waals surface area contributed by atoms with Gasteiger partial charge in [0.05, 0.1) is 9.35 Å². The number of aryl methyl sites for hydroxylation is 1.